The number of fused-ring (bicyclic) bond motifs is 1. The monoisotopic (exact) mass is 211 g/mol. The molecular weight excluding hydrogens is 202 g/mol. The van der Waals surface area contributed by atoms with E-state index in [9.17, 15) is 10.2 Å². The number of rotatable bonds is 0. The van der Waals surface area contributed by atoms with Gasteiger partial charge in [0.15, 0.2) is 11.5 Å². The van der Waals surface area contributed by atoms with Crippen molar-refractivity contribution in [2.24, 2.45) is 0 Å². The minimum Gasteiger partial charge on any atom is -0.504 e. The standard InChI is InChI=1S/C10H9NO2.ClH/c1-6-8-5-10(13)9(12)4-7(8)2-3-11-6;/h2-5,12-13H,1H3;1H. The number of aryl methyl sites for hydroxylation is 1. The second-order valence-corrected chi connectivity index (χ2v) is 2.96. The lowest BCUT2D eigenvalue weighted by molar-refractivity contribution is 0.405. The Morgan fingerprint density at radius 2 is 1.79 bits per heavy atom. The van der Waals surface area contributed by atoms with Gasteiger partial charge in [0.25, 0.3) is 0 Å². The highest BCUT2D eigenvalue weighted by Gasteiger charge is 2.03. The molecule has 0 saturated heterocycles. The molecule has 0 unspecified atom stereocenters. The van der Waals surface area contributed by atoms with Gasteiger partial charge in [-0.3, -0.25) is 4.98 Å². The van der Waals surface area contributed by atoms with E-state index in [1.165, 1.54) is 12.1 Å². The number of hydrogen-bond acceptors (Lipinski definition) is 3. The van der Waals surface area contributed by atoms with E-state index in [-0.39, 0.29) is 23.9 Å². The SMILES string of the molecule is Cc1nccc2cc(O)c(O)cc12.Cl. The summed E-state index contributed by atoms with van der Waals surface area (Å²) in [4.78, 5) is 4.09. The quantitative estimate of drug-likeness (QED) is 0.658. The van der Waals surface area contributed by atoms with E-state index in [2.05, 4.69) is 4.98 Å². The van der Waals surface area contributed by atoms with E-state index in [0.717, 1.165) is 16.5 Å². The van der Waals surface area contributed by atoms with Crippen LogP contribution in [-0.2, 0) is 0 Å². The van der Waals surface area contributed by atoms with E-state index in [1.807, 2.05) is 6.92 Å². The number of nitrogens with zero attached hydrogens (tertiary/aromatic N) is 1. The average Bonchev–Trinajstić information content (AvgIpc) is 2.09. The molecule has 14 heavy (non-hydrogen) atoms. The highest BCUT2D eigenvalue weighted by molar-refractivity contribution is 5.87. The van der Waals surface area contributed by atoms with Crippen LogP contribution in [0, 0.1) is 6.92 Å². The van der Waals surface area contributed by atoms with Crippen LogP contribution in [0.4, 0.5) is 0 Å². The second kappa shape index (κ2) is 3.72. The van der Waals surface area contributed by atoms with Crippen molar-refractivity contribution in [3.8, 4) is 11.5 Å². The zero-order valence-corrected chi connectivity index (χ0v) is 8.38. The van der Waals surface area contributed by atoms with Gasteiger partial charge in [-0.2, -0.15) is 0 Å². The van der Waals surface area contributed by atoms with Crippen LogP contribution in [0.3, 0.4) is 0 Å². The third kappa shape index (κ3) is 1.59. The number of benzene rings is 1. The summed E-state index contributed by atoms with van der Waals surface area (Å²) in [6.45, 7) is 1.86. The van der Waals surface area contributed by atoms with Gasteiger partial charge >= 0.3 is 0 Å². The van der Waals surface area contributed by atoms with Crippen LogP contribution in [0.25, 0.3) is 10.8 Å². The summed E-state index contributed by atoms with van der Waals surface area (Å²) in [5, 5.41) is 20.2. The van der Waals surface area contributed by atoms with Crippen molar-refractivity contribution in [3.05, 3.63) is 30.1 Å². The first kappa shape index (κ1) is 10.6. The van der Waals surface area contributed by atoms with Crippen molar-refractivity contribution >= 4 is 23.2 Å². The molecule has 0 amide bonds. The fourth-order valence-electron chi connectivity index (χ4n) is 1.34. The van der Waals surface area contributed by atoms with E-state index >= 15 is 0 Å². The minimum absolute atomic E-state index is 0. The lowest BCUT2D eigenvalue weighted by Gasteiger charge is -2.03. The van der Waals surface area contributed by atoms with Gasteiger partial charge in [0.1, 0.15) is 0 Å². The summed E-state index contributed by atoms with van der Waals surface area (Å²) >= 11 is 0. The summed E-state index contributed by atoms with van der Waals surface area (Å²) in [6.07, 6.45) is 1.67. The number of aromatic nitrogens is 1. The summed E-state index contributed by atoms with van der Waals surface area (Å²) in [5.41, 5.74) is 0.841. The van der Waals surface area contributed by atoms with Crippen LogP contribution in [0.15, 0.2) is 24.4 Å². The number of hydrogen-bond donors (Lipinski definition) is 2. The lowest BCUT2D eigenvalue weighted by atomic mass is 10.1. The minimum atomic E-state index is -0.108. The number of phenols is 2. The second-order valence-electron chi connectivity index (χ2n) is 2.96. The molecule has 0 aliphatic carbocycles. The Hall–Kier alpha value is -1.48. The van der Waals surface area contributed by atoms with Gasteiger partial charge < -0.3 is 10.2 Å². The molecule has 0 atom stereocenters. The molecule has 0 aliphatic rings. The van der Waals surface area contributed by atoms with E-state index in [0.29, 0.717) is 0 Å². The molecule has 0 bridgehead atoms. The van der Waals surface area contributed by atoms with Gasteiger partial charge in [-0.05, 0) is 30.5 Å². The zero-order chi connectivity index (χ0) is 9.42. The van der Waals surface area contributed by atoms with Gasteiger partial charge in [0.2, 0.25) is 0 Å². The molecule has 2 N–H and O–H groups in total. The summed E-state index contributed by atoms with van der Waals surface area (Å²) in [6, 6.07) is 4.84. The maximum absolute atomic E-state index is 9.26. The van der Waals surface area contributed by atoms with Crippen LogP contribution in [0.5, 0.6) is 11.5 Å². The Morgan fingerprint density at radius 1 is 1.14 bits per heavy atom. The third-order valence-electron chi connectivity index (χ3n) is 2.06. The third-order valence-corrected chi connectivity index (χ3v) is 2.06. The fraction of sp³-hybridized carbons (Fsp3) is 0.100. The molecule has 0 radical (unpaired) electrons. The summed E-state index contributed by atoms with van der Waals surface area (Å²) in [7, 11) is 0. The van der Waals surface area contributed by atoms with Crippen molar-refractivity contribution in [1.82, 2.24) is 4.98 Å². The van der Waals surface area contributed by atoms with Gasteiger partial charge in [0, 0.05) is 17.3 Å². The van der Waals surface area contributed by atoms with Crippen LogP contribution in [0.2, 0.25) is 0 Å². The smallest absolute Gasteiger partial charge is 0.158 e. The molecule has 1 aromatic heterocycles. The molecule has 0 spiro atoms. The van der Waals surface area contributed by atoms with Crippen LogP contribution in [0.1, 0.15) is 5.69 Å². The predicted molar refractivity (Wildman–Crippen MR) is 57.1 cm³/mol. The first-order valence-corrected chi connectivity index (χ1v) is 3.96. The topological polar surface area (TPSA) is 53.4 Å². The van der Waals surface area contributed by atoms with Gasteiger partial charge in [-0.1, -0.05) is 0 Å². The maximum Gasteiger partial charge on any atom is 0.158 e. The van der Waals surface area contributed by atoms with Crippen molar-refractivity contribution in [2.45, 2.75) is 6.92 Å². The molecule has 1 aromatic carbocycles. The molecule has 3 nitrogen and oxygen atoms in total. The Bertz CT molecular complexity index is 471. The largest absolute Gasteiger partial charge is 0.504 e. The highest BCUT2D eigenvalue weighted by atomic mass is 35.5. The van der Waals surface area contributed by atoms with E-state index in [1.54, 1.807) is 12.3 Å². The Balaban J connectivity index is 0.000000980. The van der Waals surface area contributed by atoms with Gasteiger partial charge in [0.05, 0.1) is 0 Å². The highest BCUT2D eigenvalue weighted by Crippen LogP contribution is 2.30. The summed E-state index contributed by atoms with van der Waals surface area (Å²) < 4.78 is 0. The lowest BCUT2D eigenvalue weighted by Crippen LogP contribution is -1.82. The fourth-order valence-corrected chi connectivity index (χ4v) is 1.34. The Kier molecular flexibility index (Phi) is 2.81. The van der Waals surface area contributed by atoms with Crippen LogP contribution in [-0.4, -0.2) is 15.2 Å². The summed E-state index contributed by atoms with van der Waals surface area (Å²) in [5.74, 6) is -0.207. The zero-order valence-electron chi connectivity index (χ0n) is 7.56. The van der Waals surface area contributed by atoms with Gasteiger partial charge in [-0.15, -0.1) is 12.4 Å². The number of pyridine rings is 1. The molecule has 2 rings (SSSR count). The first-order chi connectivity index (χ1) is 6.18. The van der Waals surface area contributed by atoms with Crippen molar-refractivity contribution in [3.63, 3.8) is 0 Å². The Labute approximate surface area is 87.4 Å². The average molecular weight is 212 g/mol. The molecule has 0 fully saturated rings. The molecule has 4 heteroatoms. The molecular formula is C10H10ClNO2. The molecule has 0 saturated carbocycles. The van der Waals surface area contributed by atoms with E-state index in [4.69, 9.17) is 0 Å². The van der Waals surface area contributed by atoms with Crippen molar-refractivity contribution in [1.29, 1.82) is 0 Å². The van der Waals surface area contributed by atoms with Gasteiger partial charge in [-0.25, -0.2) is 0 Å². The molecule has 74 valence electrons. The first-order valence-electron chi connectivity index (χ1n) is 3.96. The van der Waals surface area contributed by atoms with Crippen LogP contribution >= 0.6 is 12.4 Å². The Morgan fingerprint density at radius 3 is 2.50 bits per heavy atom. The molecule has 1 heterocycles. The molecule has 0 aliphatic heterocycles. The normalized spacial score (nSPS) is 9.79. The number of halogens is 1. The van der Waals surface area contributed by atoms with Crippen molar-refractivity contribution < 1.29 is 10.2 Å². The predicted octanol–water partition coefficient (Wildman–Crippen LogP) is 2.38. The van der Waals surface area contributed by atoms with Crippen LogP contribution < -0.4 is 0 Å². The van der Waals surface area contributed by atoms with Crippen molar-refractivity contribution in [2.75, 3.05) is 0 Å². The number of aromatic hydroxyl groups is 2. The van der Waals surface area contributed by atoms with E-state index < -0.39 is 0 Å². The maximum atomic E-state index is 9.26. The molecule has 2 aromatic rings. The number of phenolic OH excluding ortho intramolecular Hbond substituents is 2.